The van der Waals surface area contributed by atoms with Crippen LogP contribution in [-0.2, 0) is 71.5 Å². The van der Waals surface area contributed by atoms with Crippen LogP contribution in [0.5, 0.6) is 57.5 Å². The Morgan fingerprint density at radius 3 is 0.847 bits per heavy atom. The number of benzene rings is 8. The van der Waals surface area contributed by atoms with E-state index in [1.807, 2.05) is 48.5 Å². The van der Waals surface area contributed by atoms with Gasteiger partial charge in [0.2, 0.25) is 0 Å². The average molecular weight is 1880 g/mol. The molecule has 32 nitrogen and oxygen atoms in total. The van der Waals surface area contributed by atoms with Crippen LogP contribution in [-0.4, -0.2) is 151 Å². The molecule has 137 heavy (non-hydrogen) atoms. The van der Waals surface area contributed by atoms with Gasteiger partial charge in [-0.15, -0.1) is 0 Å². The highest BCUT2D eigenvalue weighted by Gasteiger charge is 2.22. The Kier molecular flexibility index (Phi) is 51.6. The number of hydrogen-bond acceptors (Lipinski definition) is 32. The van der Waals surface area contributed by atoms with Gasteiger partial charge in [-0.3, -0.25) is 4.79 Å². The fourth-order valence-electron chi connectivity index (χ4n) is 11.5. The summed E-state index contributed by atoms with van der Waals surface area (Å²) >= 11 is 0. The molecule has 8 rings (SSSR count). The van der Waals surface area contributed by atoms with Crippen molar-refractivity contribution in [1.29, 1.82) is 5.26 Å². The molecule has 0 aliphatic rings. The number of rotatable bonds is 57. The second-order valence-electron chi connectivity index (χ2n) is 29.2. The summed E-state index contributed by atoms with van der Waals surface area (Å²) in [4.78, 5) is 155. The lowest BCUT2D eigenvalue weighted by molar-refractivity contribution is -0.139. The Hall–Kier alpha value is -16.2. The number of nitriles is 1. The van der Waals surface area contributed by atoms with E-state index in [0.29, 0.717) is 101 Å². The molecular weight excluding hydrogens is 1770 g/mol. The molecule has 0 saturated heterocycles. The van der Waals surface area contributed by atoms with Crippen LogP contribution < -0.4 is 47.4 Å². The van der Waals surface area contributed by atoms with Gasteiger partial charge in [0, 0.05) is 48.9 Å². The summed E-state index contributed by atoms with van der Waals surface area (Å²) in [6.07, 6.45) is 17.8. The van der Waals surface area contributed by atoms with Crippen molar-refractivity contribution < 1.29 is 148 Å². The fourth-order valence-corrected chi connectivity index (χ4v) is 11.5. The van der Waals surface area contributed by atoms with Gasteiger partial charge in [0.25, 0.3) is 0 Å². The first kappa shape index (κ1) is 110. The zero-order valence-corrected chi connectivity index (χ0v) is 76.3. The Balaban J connectivity index is 0.000000338. The second-order valence-corrected chi connectivity index (χ2v) is 29.2. The fraction of sp³-hybridized carbons (Fsp3) is 0.295. The van der Waals surface area contributed by atoms with E-state index in [0.717, 1.165) is 124 Å². The molecule has 8 aromatic rings. The summed E-state index contributed by atoms with van der Waals surface area (Å²) in [6.45, 7) is 25.0. The van der Waals surface area contributed by atoms with Crippen molar-refractivity contribution in [2.75, 3.05) is 72.7 Å². The van der Waals surface area contributed by atoms with Crippen LogP contribution in [0.15, 0.2) is 258 Å². The third-order valence-electron chi connectivity index (χ3n) is 18.8. The molecule has 0 saturated carbocycles. The summed E-state index contributed by atoms with van der Waals surface area (Å²) in [5.74, 6) is -3.81. The Labute approximate surface area is 794 Å². The lowest BCUT2D eigenvalue weighted by atomic mass is 10.0. The predicted octanol–water partition coefficient (Wildman–Crippen LogP) is 19.6. The van der Waals surface area contributed by atoms with Gasteiger partial charge in [0.15, 0.2) is 11.5 Å². The smallest absolute Gasteiger partial charge is 0.494 e. The molecule has 0 bridgehead atoms. The van der Waals surface area contributed by atoms with Gasteiger partial charge < -0.3 is 85.3 Å². The number of esters is 11. The molecule has 0 fully saturated rings. The first-order valence-corrected chi connectivity index (χ1v) is 44.1. The van der Waals surface area contributed by atoms with Gasteiger partial charge in [-0.1, -0.05) is 63.7 Å². The van der Waals surface area contributed by atoms with Crippen LogP contribution in [0.2, 0.25) is 0 Å². The molecule has 722 valence electrons. The monoisotopic (exact) mass is 1880 g/mol. The molecule has 0 unspecified atom stereocenters. The molecular formula is C105H111NO31. The summed E-state index contributed by atoms with van der Waals surface area (Å²) in [5.41, 5.74) is 4.14. The van der Waals surface area contributed by atoms with Gasteiger partial charge in [-0.2, -0.15) is 5.26 Å². The minimum absolute atomic E-state index is 0.0242. The van der Waals surface area contributed by atoms with Gasteiger partial charge in [0.05, 0.1) is 107 Å². The van der Waals surface area contributed by atoms with E-state index < -0.39 is 72.0 Å². The van der Waals surface area contributed by atoms with Crippen molar-refractivity contribution in [3.05, 3.63) is 291 Å². The SMILES string of the molecule is C=CC(=O)OCCCCCCOc1ccc(-c2ccc(C#N)cc2)cc1.C=CC(=O)OCCCCCCOc1ccc(C(=O)Oc2ccc(OC(=O)c3ccc(OCCCCCCOC(=O)C=C)cc3)c(OC(=O)CCCCOC(=O)C=C)c2)cc1.C=CC(=O)OCCCCOC(=O)Oc1ccc(C(=O)Oc2ccc(OC(=O)c3ccc(OC(=O)OCCCCOC(=O)C=C)cc3)c(C)c2)cc1. The molecule has 0 aliphatic heterocycles. The minimum atomic E-state index is -0.927. The topological polar surface area (TPSA) is 412 Å². The highest BCUT2D eigenvalue weighted by molar-refractivity contribution is 5.94. The van der Waals surface area contributed by atoms with Crippen molar-refractivity contribution in [1.82, 2.24) is 0 Å². The molecule has 0 heterocycles. The predicted molar refractivity (Wildman–Crippen MR) is 501 cm³/mol. The quantitative estimate of drug-likeness (QED) is 0.00853. The van der Waals surface area contributed by atoms with E-state index in [2.05, 4.69) is 45.5 Å². The number of unbranched alkanes of at least 4 members (excludes halogenated alkanes) is 12. The Morgan fingerprint density at radius 1 is 0.255 bits per heavy atom. The van der Waals surface area contributed by atoms with E-state index in [4.69, 9.17) is 90.5 Å². The molecule has 8 aromatic carbocycles. The summed E-state index contributed by atoms with van der Waals surface area (Å²) in [7, 11) is 0. The molecule has 0 amide bonds. The van der Waals surface area contributed by atoms with Crippen LogP contribution in [0.1, 0.15) is 175 Å². The zero-order valence-electron chi connectivity index (χ0n) is 76.3. The first-order valence-electron chi connectivity index (χ1n) is 44.1. The lowest BCUT2D eigenvalue weighted by Gasteiger charge is -2.13. The number of nitrogens with zero attached hydrogens (tertiary/aromatic N) is 1. The highest BCUT2D eigenvalue weighted by Crippen LogP contribution is 2.35. The second kappa shape index (κ2) is 64.6. The maximum atomic E-state index is 13.2. The Bertz CT molecular complexity index is 5330. The molecule has 32 heteroatoms. The van der Waals surface area contributed by atoms with E-state index in [1.165, 1.54) is 103 Å². The number of ether oxygens (including phenoxy) is 18. The number of aryl methyl sites for hydroxylation is 1. The minimum Gasteiger partial charge on any atom is -0.494 e. The van der Waals surface area contributed by atoms with Crippen molar-refractivity contribution in [2.45, 2.75) is 129 Å². The van der Waals surface area contributed by atoms with Crippen molar-refractivity contribution in [3.8, 4) is 74.7 Å². The maximum absolute atomic E-state index is 13.2. The number of carbonyl (C=O) groups is 13. The van der Waals surface area contributed by atoms with E-state index in [1.54, 1.807) is 43.3 Å². The summed E-state index contributed by atoms with van der Waals surface area (Å²) in [6, 6.07) is 50.1. The van der Waals surface area contributed by atoms with Crippen molar-refractivity contribution >= 4 is 78.0 Å². The average Bonchev–Trinajstić information content (AvgIpc) is 0.835. The third-order valence-corrected chi connectivity index (χ3v) is 18.8. The molecule has 0 spiro atoms. The van der Waals surface area contributed by atoms with Gasteiger partial charge in [-0.05, 0) is 291 Å². The number of hydrogen-bond donors (Lipinski definition) is 0. The largest absolute Gasteiger partial charge is 0.513 e. The number of carbonyl (C=O) groups excluding carboxylic acids is 13. The van der Waals surface area contributed by atoms with Gasteiger partial charge in [0.1, 0.15) is 46.0 Å². The van der Waals surface area contributed by atoms with Crippen LogP contribution in [0.4, 0.5) is 9.59 Å². The molecule has 0 aromatic heterocycles. The molecule has 0 aliphatic carbocycles. The van der Waals surface area contributed by atoms with E-state index in [9.17, 15) is 62.3 Å². The van der Waals surface area contributed by atoms with Crippen molar-refractivity contribution in [3.63, 3.8) is 0 Å². The van der Waals surface area contributed by atoms with Crippen LogP contribution >= 0.6 is 0 Å². The van der Waals surface area contributed by atoms with Gasteiger partial charge >= 0.3 is 78.0 Å². The highest BCUT2D eigenvalue weighted by atomic mass is 16.7. The Morgan fingerprint density at radius 2 is 0.518 bits per heavy atom. The summed E-state index contributed by atoms with van der Waals surface area (Å²) < 4.78 is 94.5. The van der Waals surface area contributed by atoms with Crippen molar-refractivity contribution in [2.24, 2.45) is 0 Å². The third kappa shape index (κ3) is 45.7. The maximum Gasteiger partial charge on any atom is 0.513 e. The van der Waals surface area contributed by atoms with Crippen LogP contribution in [0, 0.1) is 18.3 Å². The van der Waals surface area contributed by atoms with Crippen LogP contribution in [0.25, 0.3) is 11.1 Å². The molecule has 0 radical (unpaired) electrons. The van der Waals surface area contributed by atoms with E-state index in [-0.39, 0.29) is 108 Å². The molecule has 0 N–H and O–H groups in total. The lowest BCUT2D eigenvalue weighted by Crippen LogP contribution is -2.13. The summed E-state index contributed by atoms with van der Waals surface area (Å²) in [5, 5.41) is 8.84. The van der Waals surface area contributed by atoms with Crippen LogP contribution in [0.3, 0.4) is 0 Å². The van der Waals surface area contributed by atoms with E-state index >= 15 is 0 Å². The zero-order chi connectivity index (χ0) is 99.0. The molecule has 0 atom stereocenters. The standard InChI is InChI=1S/C46H52O14.C37H36O14.C22H23NO3/c1-4-41(47)55-30-14-9-7-12-28-53-36-22-18-34(19-23-36)45(51)58-38-26-27-39(40(33-38)59-44(50)17-11-16-32-57-43(49)6-3)60-46(52)35-20-24-37(25-21-35)54-29-13-8-10-15-31-56-42(48)5-2;1-4-32(38)44-20-6-8-22-46-36(42)49-28-14-10-26(11-15-28)34(40)48-30-18-19-31(25(3)24-30)51-35(41)27-12-16-29(17-13-27)50-37(43)47-23-9-7-21-45-33(39)5-2;1-2-22(24)26-16-6-4-3-5-15-25-21-13-11-20(12-14-21)19-9-7-18(17-23)8-10-19/h4-6,18-27,33H,1-3,7-17,28-32H2;4-5,10-19,24H,1-2,6-9,20-23H2,3H3;2,7-14H,1,3-6,15-16H2. The van der Waals surface area contributed by atoms with Gasteiger partial charge in [-0.25, -0.2) is 57.5 Å². The normalized spacial score (nSPS) is 10.2. The first-order chi connectivity index (χ1) is 66.4.